The topological polar surface area (TPSA) is 38.0 Å². The summed E-state index contributed by atoms with van der Waals surface area (Å²) in [4.78, 5) is 3.89. The first-order chi connectivity index (χ1) is 23.7. The van der Waals surface area contributed by atoms with Crippen molar-refractivity contribution in [2.75, 3.05) is 0 Å². The molecule has 48 heavy (non-hydrogen) atoms. The molecule has 0 bridgehead atoms. The highest BCUT2D eigenvalue weighted by atomic mass is 15.0. The molecule has 2 aromatic heterocycles. The molecule has 0 saturated heterocycles. The van der Waals surface area contributed by atoms with Crippen LogP contribution in [0.4, 0.5) is 5.69 Å². The standard InChI is InChI=1S/C44H26N4/c1-46-39-16-10-15-38-37-14-5-9-20-43(37)48(44(38)39)40-17-6-2-11-34(40)30-23-26-33(31(27-30)28-45)29-21-24-32(25-22-29)47-41-18-7-3-12-35(41)36-13-4-8-19-42(36)47/h2-27H. The quantitative estimate of drug-likeness (QED) is 0.183. The maximum atomic E-state index is 10.4. The number of rotatable bonds is 4. The molecule has 0 aliphatic heterocycles. The molecule has 0 spiro atoms. The van der Waals surface area contributed by atoms with Crippen molar-refractivity contribution in [3.63, 3.8) is 0 Å². The van der Waals surface area contributed by atoms with Crippen molar-refractivity contribution in [3.05, 3.63) is 175 Å². The van der Waals surface area contributed by atoms with Crippen LogP contribution in [0.1, 0.15) is 5.56 Å². The zero-order chi connectivity index (χ0) is 32.2. The van der Waals surface area contributed by atoms with Gasteiger partial charge in [0, 0.05) is 27.4 Å². The predicted molar refractivity (Wildman–Crippen MR) is 197 cm³/mol. The summed E-state index contributed by atoms with van der Waals surface area (Å²) in [6.07, 6.45) is 0. The second-order valence-electron chi connectivity index (χ2n) is 11.9. The Kier molecular flexibility index (Phi) is 6.22. The third kappa shape index (κ3) is 4.07. The Morgan fingerprint density at radius 3 is 1.73 bits per heavy atom. The average molecular weight is 611 g/mol. The molecule has 0 radical (unpaired) electrons. The highest BCUT2D eigenvalue weighted by molar-refractivity contribution is 6.14. The molecule has 9 aromatic rings. The SMILES string of the molecule is [C-]#[N+]c1cccc2c3ccccc3n(-c3ccccc3-c3ccc(-c4ccc(-n5c6ccccc6c6ccccc65)cc4)c(C#N)c3)c12. The van der Waals surface area contributed by atoms with Crippen LogP contribution in [0.2, 0.25) is 0 Å². The molecule has 222 valence electrons. The first-order valence-electron chi connectivity index (χ1n) is 15.9. The van der Waals surface area contributed by atoms with E-state index in [-0.39, 0.29) is 0 Å². The minimum atomic E-state index is 0.607. The smallest absolute Gasteiger partial charge is 0.211 e. The van der Waals surface area contributed by atoms with Crippen molar-refractivity contribution in [1.82, 2.24) is 9.13 Å². The van der Waals surface area contributed by atoms with E-state index in [9.17, 15) is 5.26 Å². The molecule has 9 rings (SSSR count). The monoisotopic (exact) mass is 610 g/mol. The molecule has 0 saturated carbocycles. The number of nitrogens with zero attached hydrogens (tertiary/aromatic N) is 4. The highest BCUT2D eigenvalue weighted by Crippen LogP contribution is 2.41. The van der Waals surface area contributed by atoms with Crippen molar-refractivity contribution in [2.45, 2.75) is 0 Å². The van der Waals surface area contributed by atoms with E-state index < -0.39 is 0 Å². The Morgan fingerprint density at radius 1 is 0.500 bits per heavy atom. The first-order valence-corrected chi connectivity index (χ1v) is 15.9. The van der Waals surface area contributed by atoms with Gasteiger partial charge in [0.05, 0.1) is 46.0 Å². The van der Waals surface area contributed by atoms with Gasteiger partial charge < -0.3 is 9.13 Å². The van der Waals surface area contributed by atoms with Gasteiger partial charge in [0.1, 0.15) is 0 Å². The van der Waals surface area contributed by atoms with Gasteiger partial charge in [-0.1, -0.05) is 115 Å². The maximum Gasteiger partial charge on any atom is 0.211 e. The fourth-order valence-electron chi connectivity index (χ4n) is 7.30. The third-order valence-electron chi connectivity index (χ3n) is 9.41. The molecule has 0 amide bonds. The maximum absolute atomic E-state index is 10.4. The molecule has 4 heteroatoms. The summed E-state index contributed by atoms with van der Waals surface area (Å²) in [5.74, 6) is 0. The minimum absolute atomic E-state index is 0.607. The summed E-state index contributed by atoms with van der Waals surface area (Å²) in [6.45, 7) is 7.93. The lowest BCUT2D eigenvalue weighted by Crippen LogP contribution is -1.98. The van der Waals surface area contributed by atoms with Crippen LogP contribution in [0.15, 0.2) is 158 Å². The lowest BCUT2D eigenvalue weighted by atomic mass is 9.94. The normalized spacial score (nSPS) is 11.3. The number of fused-ring (bicyclic) bond motifs is 6. The summed E-state index contributed by atoms with van der Waals surface area (Å²) in [5.41, 5.74) is 11.3. The van der Waals surface area contributed by atoms with E-state index in [1.54, 1.807) is 0 Å². The third-order valence-corrected chi connectivity index (χ3v) is 9.41. The molecule has 0 unspecified atom stereocenters. The minimum Gasteiger partial charge on any atom is -0.318 e. The largest absolute Gasteiger partial charge is 0.318 e. The van der Waals surface area contributed by atoms with Crippen LogP contribution in [0.25, 0.3) is 82.1 Å². The second-order valence-corrected chi connectivity index (χ2v) is 11.9. The molecule has 0 aliphatic carbocycles. The number of benzene rings is 7. The molecule has 0 atom stereocenters. The van der Waals surface area contributed by atoms with Crippen molar-refractivity contribution in [1.29, 1.82) is 5.26 Å². The predicted octanol–water partition coefficient (Wildman–Crippen LogP) is 11.6. The molecular weight excluding hydrogens is 585 g/mol. The highest BCUT2D eigenvalue weighted by Gasteiger charge is 2.19. The molecule has 4 nitrogen and oxygen atoms in total. The Hall–Kier alpha value is -6.88. The van der Waals surface area contributed by atoms with E-state index in [4.69, 9.17) is 6.57 Å². The van der Waals surface area contributed by atoms with Gasteiger partial charge in [-0.3, -0.25) is 0 Å². The van der Waals surface area contributed by atoms with E-state index in [0.29, 0.717) is 11.3 Å². The summed E-state index contributed by atoms with van der Waals surface area (Å²) >= 11 is 0. The summed E-state index contributed by atoms with van der Waals surface area (Å²) in [5, 5.41) is 15.0. The van der Waals surface area contributed by atoms with Crippen LogP contribution in [0.3, 0.4) is 0 Å². The van der Waals surface area contributed by atoms with Gasteiger partial charge in [0.2, 0.25) is 5.69 Å². The van der Waals surface area contributed by atoms with Gasteiger partial charge in [0.25, 0.3) is 0 Å². The molecule has 2 heterocycles. The fraction of sp³-hybridized carbons (Fsp3) is 0. The van der Waals surface area contributed by atoms with E-state index in [1.807, 2.05) is 42.5 Å². The van der Waals surface area contributed by atoms with Crippen LogP contribution < -0.4 is 0 Å². The lowest BCUT2D eigenvalue weighted by Gasteiger charge is -2.16. The Labute approximate surface area is 277 Å². The van der Waals surface area contributed by atoms with Crippen molar-refractivity contribution in [2.24, 2.45) is 0 Å². The average Bonchev–Trinajstić information content (AvgIpc) is 3.68. The van der Waals surface area contributed by atoms with Crippen molar-refractivity contribution < 1.29 is 0 Å². The second kappa shape index (κ2) is 10.9. The number of hydrogen-bond acceptors (Lipinski definition) is 1. The van der Waals surface area contributed by atoms with Crippen molar-refractivity contribution >= 4 is 49.3 Å². The van der Waals surface area contributed by atoms with E-state index in [2.05, 4.69) is 135 Å². The van der Waals surface area contributed by atoms with Crippen LogP contribution in [0.5, 0.6) is 0 Å². The van der Waals surface area contributed by atoms with E-state index in [0.717, 1.165) is 55.4 Å². The van der Waals surface area contributed by atoms with Gasteiger partial charge >= 0.3 is 0 Å². The van der Waals surface area contributed by atoms with Gasteiger partial charge in [-0.15, -0.1) is 0 Å². The molecule has 0 aliphatic rings. The van der Waals surface area contributed by atoms with Crippen LogP contribution in [-0.2, 0) is 0 Å². The summed E-state index contributed by atoms with van der Waals surface area (Å²) in [6, 6.07) is 56.5. The van der Waals surface area contributed by atoms with Gasteiger partial charge in [-0.2, -0.15) is 5.26 Å². The fourth-order valence-corrected chi connectivity index (χ4v) is 7.30. The van der Waals surface area contributed by atoms with Gasteiger partial charge in [-0.25, -0.2) is 4.85 Å². The van der Waals surface area contributed by atoms with Gasteiger partial charge in [0.15, 0.2) is 0 Å². The van der Waals surface area contributed by atoms with Crippen LogP contribution in [0, 0.1) is 17.9 Å². The Balaban J connectivity index is 1.16. The van der Waals surface area contributed by atoms with Crippen LogP contribution >= 0.6 is 0 Å². The van der Waals surface area contributed by atoms with E-state index >= 15 is 0 Å². The Bertz CT molecular complexity index is 2750. The molecule has 7 aromatic carbocycles. The lowest BCUT2D eigenvalue weighted by molar-refractivity contribution is 1.18. The molecule has 0 fully saturated rings. The summed E-state index contributed by atoms with van der Waals surface area (Å²) < 4.78 is 4.49. The Morgan fingerprint density at radius 2 is 1.06 bits per heavy atom. The zero-order valence-electron chi connectivity index (χ0n) is 25.8. The van der Waals surface area contributed by atoms with Crippen molar-refractivity contribution in [3.8, 4) is 39.7 Å². The molecule has 0 N–H and O–H groups in total. The number of hydrogen-bond donors (Lipinski definition) is 0. The first kappa shape index (κ1) is 27.4. The number of para-hydroxylation sites is 5. The van der Waals surface area contributed by atoms with Crippen LogP contribution in [-0.4, -0.2) is 9.13 Å². The molecular formula is C44H26N4. The number of aromatic nitrogens is 2. The number of nitriles is 1. The zero-order valence-corrected chi connectivity index (χ0v) is 25.8. The van der Waals surface area contributed by atoms with Gasteiger partial charge in [-0.05, 0) is 64.5 Å². The van der Waals surface area contributed by atoms with E-state index in [1.165, 1.54) is 21.8 Å². The summed E-state index contributed by atoms with van der Waals surface area (Å²) in [7, 11) is 0.